The molecule has 2 amide bonds. The van der Waals surface area contributed by atoms with E-state index in [0.29, 0.717) is 23.5 Å². The van der Waals surface area contributed by atoms with Gasteiger partial charge in [0.1, 0.15) is 5.75 Å². The van der Waals surface area contributed by atoms with Gasteiger partial charge in [0, 0.05) is 12.1 Å². The summed E-state index contributed by atoms with van der Waals surface area (Å²) < 4.78 is 10.3. The molecule has 0 spiro atoms. The van der Waals surface area contributed by atoms with Crippen molar-refractivity contribution in [2.75, 3.05) is 19.0 Å². The van der Waals surface area contributed by atoms with Crippen molar-refractivity contribution < 1.29 is 23.9 Å². The Kier molecular flexibility index (Phi) is 6.93. The molecule has 7 heteroatoms. The zero-order chi connectivity index (χ0) is 19.8. The van der Waals surface area contributed by atoms with E-state index in [9.17, 15) is 14.4 Å². The van der Waals surface area contributed by atoms with Crippen molar-refractivity contribution in [3.63, 3.8) is 0 Å². The molecule has 0 aliphatic heterocycles. The average molecular weight is 370 g/mol. The highest BCUT2D eigenvalue weighted by atomic mass is 16.5. The van der Waals surface area contributed by atoms with Gasteiger partial charge in [-0.25, -0.2) is 4.79 Å². The number of nitrogens with one attached hydrogen (secondary N) is 2. The number of esters is 1. The molecule has 0 aliphatic rings. The minimum Gasteiger partial charge on any atom is -0.497 e. The van der Waals surface area contributed by atoms with Gasteiger partial charge in [-0.2, -0.15) is 0 Å². The summed E-state index contributed by atoms with van der Waals surface area (Å²) in [7, 11) is 1.54. The molecular formula is C20H22N2O5. The molecular weight excluding hydrogens is 348 g/mol. The normalized spacial score (nSPS) is 11.2. The largest absolute Gasteiger partial charge is 0.497 e. The van der Waals surface area contributed by atoms with Crippen LogP contribution in [-0.2, 0) is 9.53 Å². The number of benzene rings is 2. The van der Waals surface area contributed by atoms with Crippen LogP contribution >= 0.6 is 0 Å². The number of hydrogen-bond donors (Lipinski definition) is 2. The minimum absolute atomic E-state index is 0.163. The quantitative estimate of drug-likeness (QED) is 0.731. The van der Waals surface area contributed by atoms with E-state index < -0.39 is 12.1 Å². The maximum atomic E-state index is 12.4. The SMILES string of the molecule is CCNC(=O)[C@H](C)OC(=O)c1ccccc1NC(=O)c1ccc(OC)cc1. The molecule has 0 aliphatic carbocycles. The summed E-state index contributed by atoms with van der Waals surface area (Å²) in [5.41, 5.74) is 0.872. The van der Waals surface area contributed by atoms with E-state index >= 15 is 0 Å². The van der Waals surface area contributed by atoms with E-state index in [2.05, 4.69) is 10.6 Å². The van der Waals surface area contributed by atoms with Gasteiger partial charge in [-0.05, 0) is 50.2 Å². The Bertz CT molecular complexity index is 817. The third-order valence-corrected chi connectivity index (χ3v) is 3.75. The lowest BCUT2D eigenvalue weighted by atomic mass is 10.1. The average Bonchev–Trinajstić information content (AvgIpc) is 2.68. The molecule has 0 unspecified atom stereocenters. The summed E-state index contributed by atoms with van der Waals surface area (Å²) in [4.78, 5) is 36.6. The smallest absolute Gasteiger partial charge is 0.341 e. The number of anilines is 1. The van der Waals surface area contributed by atoms with Crippen molar-refractivity contribution in [2.24, 2.45) is 0 Å². The van der Waals surface area contributed by atoms with Crippen LogP contribution in [0.2, 0.25) is 0 Å². The maximum Gasteiger partial charge on any atom is 0.341 e. The number of methoxy groups -OCH3 is 1. The highest BCUT2D eigenvalue weighted by molar-refractivity contribution is 6.08. The van der Waals surface area contributed by atoms with Gasteiger partial charge in [-0.3, -0.25) is 9.59 Å². The van der Waals surface area contributed by atoms with Crippen LogP contribution in [0.4, 0.5) is 5.69 Å². The van der Waals surface area contributed by atoms with Crippen molar-refractivity contribution in [1.82, 2.24) is 5.32 Å². The van der Waals surface area contributed by atoms with Gasteiger partial charge in [0.2, 0.25) is 0 Å². The number of hydrogen-bond acceptors (Lipinski definition) is 5. The summed E-state index contributed by atoms with van der Waals surface area (Å²) in [5.74, 6) is -0.825. The zero-order valence-corrected chi connectivity index (χ0v) is 15.4. The number of rotatable bonds is 7. The van der Waals surface area contributed by atoms with Gasteiger partial charge in [0.15, 0.2) is 6.10 Å². The van der Waals surface area contributed by atoms with E-state index in [1.54, 1.807) is 56.5 Å². The van der Waals surface area contributed by atoms with E-state index in [1.165, 1.54) is 13.0 Å². The molecule has 1 atom stereocenters. The highest BCUT2D eigenvalue weighted by Crippen LogP contribution is 2.19. The molecule has 2 rings (SSSR count). The first-order chi connectivity index (χ1) is 13.0. The van der Waals surface area contributed by atoms with Crippen LogP contribution in [0.1, 0.15) is 34.6 Å². The first kappa shape index (κ1) is 20.0. The first-order valence-corrected chi connectivity index (χ1v) is 8.49. The number of likely N-dealkylation sites (N-methyl/N-ethyl adjacent to an activating group) is 1. The Labute approximate surface area is 157 Å². The lowest BCUT2D eigenvalue weighted by Crippen LogP contribution is -2.35. The fourth-order valence-electron chi connectivity index (χ4n) is 2.30. The molecule has 7 nitrogen and oxygen atoms in total. The monoisotopic (exact) mass is 370 g/mol. The second kappa shape index (κ2) is 9.38. The minimum atomic E-state index is -0.942. The first-order valence-electron chi connectivity index (χ1n) is 8.49. The topological polar surface area (TPSA) is 93.7 Å². The van der Waals surface area contributed by atoms with E-state index in [1.807, 2.05) is 0 Å². The Balaban J connectivity index is 2.13. The molecule has 0 saturated carbocycles. The Morgan fingerprint density at radius 3 is 2.33 bits per heavy atom. The van der Waals surface area contributed by atoms with Crippen LogP contribution in [-0.4, -0.2) is 37.5 Å². The van der Waals surface area contributed by atoms with Crippen LogP contribution in [0, 0.1) is 0 Å². The Morgan fingerprint density at radius 2 is 1.70 bits per heavy atom. The molecule has 0 bridgehead atoms. The fraction of sp³-hybridized carbons (Fsp3) is 0.250. The second-order valence-corrected chi connectivity index (χ2v) is 5.67. The van der Waals surface area contributed by atoms with Crippen molar-refractivity contribution in [3.8, 4) is 5.75 Å². The summed E-state index contributed by atoms with van der Waals surface area (Å²) in [6, 6.07) is 13.0. The summed E-state index contributed by atoms with van der Waals surface area (Å²) in [5, 5.41) is 5.28. The van der Waals surface area contributed by atoms with Crippen LogP contribution in [0.3, 0.4) is 0 Å². The van der Waals surface area contributed by atoms with Crippen LogP contribution < -0.4 is 15.4 Å². The molecule has 2 aromatic carbocycles. The Hall–Kier alpha value is -3.35. The molecule has 0 radical (unpaired) electrons. The van der Waals surface area contributed by atoms with Crippen LogP contribution in [0.15, 0.2) is 48.5 Å². The molecule has 27 heavy (non-hydrogen) atoms. The Morgan fingerprint density at radius 1 is 1.04 bits per heavy atom. The zero-order valence-electron chi connectivity index (χ0n) is 15.4. The van der Waals surface area contributed by atoms with E-state index in [0.717, 1.165) is 0 Å². The summed E-state index contributed by atoms with van der Waals surface area (Å²) in [6.45, 7) is 3.70. The predicted octanol–water partition coefficient (Wildman–Crippen LogP) is 2.63. The van der Waals surface area contributed by atoms with Gasteiger partial charge in [-0.15, -0.1) is 0 Å². The van der Waals surface area contributed by atoms with Gasteiger partial charge in [0.25, 0.3) is 11.8 Å². The number of amides is 2. The molecule has 142 valence electrons. The van der Waals surface area contributed by atoms with Gasteiger partial charge >= 0.3 is 5.97 Å². The predicted molar refractivity (Wildman–Crippen MR) is 101 cm³/mol. The molecule has 0 saturated heterocycles. The van der Waals surface area contributed by atoms with Crippen molar-refractivity contribution in [3.05, 3.63) is 59.7 Å². The van der Waals surface area contributed by atoms with Crippen molar-refractivity contribution in [1.29, 1.82) is 0 Å². The van der Waals surface area contributed by atoms with Crippen molar-refractivity contribution in [2.45, 2.75) is 20.0 Å². The van der Waals surface area contributed by atoms with E-state index in [-0.39, 0.29) is 17.4 Å². The van der Waals surface area contributed by atoms with Gasteiger partial charge in [-0.1, -0.05) is 12.1 Å². The van der Waals surface area contributed by atoms with Crippen molar-refractivity contribution >= 4 is 23.5 Å². The standard InChI is InChI=1S/C20H22N2O5/c1-4-21-18(23)13(2)27-20(25)16-7-5-6-8-17(16)22-19(24)14-9-11-15(26-3)12-10-14/h5-13H,4H2,1-3H3,(H,21,23)(H,22,24)/t13-/m0/s1. The molecule has 0 aromatic heterocycles. The van der Waals surface area contributed by atoms with Crippen LogP contribution in [0.5, 0.6) is 5.75 Å². The number of ether oxygens (including phenoxy) is 2. The maximum absolute atomic E-state index is 12.4. The molecule has 0 heterocycles. The third kappa shape index (κ3) is 5.31. The third-order valence-electron chi connectivity index (χ3n) is 3.75. The van der Waals surface area contributed by atoms with Gasteiger partial charge < -0.3 is 20.1 Å². The van der Waals surface area contributed by atoms with E-state index in [4.69, 9.17) is 9.47 Å². The lowest BCUT2D eigenvalue weighted by molar-refractivity contribution is -0.128. The highest BCUT2D eigenvalue weighted by Gasteiger charge is 2.21. The summed E-state index contributed by atoms with van der Waals surface area (Å²) >= 11 is 0. The molecule has 2 N–H and O–H groups in total. The number of carbonyl (C=O) groups excluding carboxylic acids is 3. The molecule has 2 aromatic rings. The summed E-state index contributed by atoms with van der Waals surface area (Å²) in [6.07, 6.45) is -0.942. The second-order valence-electron chi connectivity index (χ2n) is 5.67. The number of carbonyl (C=O) groups is 3. The number of para-hydroxylation sites is 1. The fourth-order valence-corrected chi connectivity index (χ4v) is 2.30. The molecule has 0 fully saturated rings. The van der Waals surface area contributed by atoms with Crippen LogP contribution in [0.25, 0.3) is 0 Å². The van der Waals surface area contributed by atoms with Gasteiger partial charge in [0.05, 0.1) is 18.4 Å². The lowest BCUT2D eigenvalue weighted by Gasteiger charge is -2.15.